The van der Waals surface area contributed by atoms with E-state index in [-0.39, 0.29) is 36.4 Å². The lowest BCUT2D eigenvalue weighted by Crippen LogP contribution is -2.49. The summed E-state index contributed by atoms with van der Waals surface area (Å²) < 4.78 is 15.7. The molecule has 4 amide bonds. The van der Waals surface area contributed by atoms with Gasteiger partial charge in [0.05, 0.1) is 37.1 Å². The van der Waals surface area contributed by atoms with Crippen molar-refractivity contribution in [3.8, 4) is 35.2 Å². The zero-order valence-electron chi connectivity index (χ0n) is 37.8. The number of carbonyl (C=O) groups excluding carboxylic acids is 4. The number of amides is 4. The van der Waals surface area contributed by atoms with Gasteiger partial charge in [0.25, 0.3) is 23.6 Å². The molecule has 0 bridgehead atoms. The minimum atomic E-state index is -0.900. The predicted octanol–water partition coefficient (Wildman–Crippen LogP) is 3.50. The van der Waals surface area contributed by atoms with E-state index in [1.54, 1.807) is 51.3 Å². The Labute approximate surface area is 394 Å². The van der Waals surface area contributed by atoms with Crippen LogP contribution in [-0.4, -0.2) is 131 Å². The summed E-state index contributed by atoms with van der Waals surface area (Å²) in [7, 11) is 3.33. The summed E-state index contributed by atoms with van der Waals surface area (Å²) in [6.45, 7) is 5.62. The van der Waals surface area contributed by atoms with Gasteiger partial charge in [0.2, 0.25) is 0 Å². The second-order valence-electron chi connectivity index (χ2n) is 16.8. The van der Waals surface area contributed by atoms with E-state index in [1.807, 2.05) is 94.1 Å². The molecule has 2 aromatic heterocycles. The number of rotatable bonds is 10. The lowest BCUT2D eigenvalue weighted by Gasteiger charge is -2.32. The lowest BCUT2D eigenvalue weighted by molar-refractivity contribution is -0.121. The van der Waals surface area contributed by atoms with Gasteiger partial charge in [0, 0.05) is 76.9 Å². The standard InChI is InChI=1S/C52H50N10O6/c1-57-45-27-37(17-19-47(45)67-33-43(51(57)65)55-49(63)41-31-61(35-53-41)29-39-11-5-3-6-12-39)15-9-21-59-23-25-60(26-24-59)22-10-16-38-18-20-48-46(28-38)58(2)52(66)44(34-68-48)56-50(64)42-32-62(36-54-42)30-40-13-7-4-8-14-40/h3-8,11-14,17-20,27-28,31-32,35-36,43-44H,21-26,29-30,33-34H2,1-2H3,(H,55,63)(H,56,64)/t43-,44-/m0/s1. The largest absolute Gasteiger partial charge is 0.489 e. The molecule has 6 aromatic rings. The second-order valence-corrected chi connectivity index (χ2v) is 16.8. The first-order valence-electron chi connectivity index (χ1n) is 22.4. The Balaban J connectivity index is 0.723. The molecule has 16 nitrogen and oxygen atoms in total. The van der Waals surface area contributed by atoms with E-state index in [4.69, 9.17) is 9.47 Å². The van der Waals surface area contributed by atoms with Crippen molar-refractivity contribution in [3.63, 3.8) is 0 Å². The highest BCUT2D eigenvalue weighted by Crippen LogP contribution is 2.33. The van der Waals surface area contributed by atoms with Crippen LogP contribution in [0.2, 0.25) is 0 Å². The molecule has 3 aliphatic heterocycles. The number of carbonyl (C=O) groups is 4. The predicted molar refractivity (Wildman–Crippen MR) is 255 cm³/mol. The molecule has 68 heavy (non-hydrogen) atoms. The molecule has 2 N–H and O–H groups in total. The normalized spacial score (nSPS) is 17.1. The van der Waals surface area contributed by atoms with E-state index in [9.17, 15) is 19.2 Å². The summed E-state index contributed by atoms with van der Waals surface area (Å²) >= 11 is 0. The number of nitrogens with zero attached hydrogens (tertiary/aromatic N) is 8. The van der Waals surface area contributed by atoms with Gasteiger partial charge in [-0.3, -0.25) is 29.0 Å². The first-order chi connectivity index (χ1) is 33.1. The number of anilines is 2. The zero-order valence-corrected chi connectivity index (χ0v) is 37.8. The number of aromatic nitrogens is 4. The zero-order chi connectivity index (χ0) is 47.0. The van der Waals surface area contributed by atoms with Crippen LogP contribution in [-0.2, 0) is 22.7 Å². The molecule has 344 valence electrons. The van der Waals surface area contributed by atoms with Crippen LogP contribution in [0.4, 0.5) is 11.4 Å². The number of likely N-dealkylation sites (N-methyl/N-ethyl adjacent to an activating group) is 2. The molecule has 16 heteroatoms. The van der Waals surface area contributed by atoms with E-state index in [0.717, 1.165) is 48.4 Å². The van der Waals surface area contributed by atoms with Crippen LogP contribution in [0, 0.1) is 23.7 Å². The summed E-state index contributed by atoms with van der Waals surface area (Å²) in [5.74, 6) is 12.6. The second kappa shape index (κ2) is 20.6. The number of benzene rings is 4. The Morgan fingerprint density at radius 3 is 1.43 bits per heavy atom. The maximum atomic E-state index is 13.5. The number of fused-ring (bicyclic) bond motifs is 2. The summed E-state index contributed by atoms with van der Waals surface area (Å²) in [4.78, 5) is 69.4. The average Bonchev–Trinajstić information content (AvgIpc) is 4.00. The molecule has 0 aliphatic carbocycles. The molecule has 0 spiro atoms. The van der Waals surface area contributed by atoms with Gasteiger partial charge in [-0.25, -0.2) is 9.97 Å². The van der Waals surface area contributed by atoms with Crippen molar-refractivity contribution in [1.82, 2.24) is 39.5 Å². The van der Waals surface area contributed by atoms with Crippen LogP contribution in [0.5, 0.6) is 11.5 Å². The third kappa shape index (κ3) is 10.7. The highest BCUT2D eigenvalue weighted by molar-refractivity contribution is 6.04. The Morgan fingerprint density at radius 1 is 0.603 bits per heavy atom. The third-order valence-corrected chi connectivity index (χ3v) is 12.0. The Hall–Kier alpha value is -8.18. The molecule has 3 aliphatic rings. The monoisotopic (exact) mass is 910 g/mol. The lowest BCUT2D eigenvalue weighted by atomic mass is 10.1. The molecule has 1 fully saturated rings. The van der Waals surface area contributed by atoms with Gasteiger partial charge in [0.1, 0.15) is 48.2 Å². The highest BCUT2D eigenvalue weighted by atomic mass is 16.5. The molecule has 0 saturated carbocycles. The van der Waals surface area contributed by atoms with Crippen LogP contribution in [0.1, 0.15) is 43.2 Å². The summed E-state index contributed by atoms with van der Waals surface area (Å²) in [5.41, 5.74) is 5.25. The minimum absolute atomic E-state index is 0.0196. The molecule has 9 rings (SSSR count). The van der Waals surface area contributed by atoms with Crippen LogP contribution < -0.4 is 29.9 Å². The van der Waals surface area contributed by atoms with Crippen LogP contribution in [0.3, 0.4) is 0 Å². The van der Waals surface area contributed by atoms with Gasteiger partial charge in [-0.1, -0.05) is 84.3 Å². The molecular formula is C52H50N10O6. The highest BCUT2D eigenvalue weighted by Gasteiger charge is 2.33. The van der Waals surface area contributed by atoms with Crippen molar-refractivity contribution in [2.24, 2.45) is 0 Å². The summed E-state index contributed by atoms with van der Waals surface area (Å²) in [6.07, 6.45) is 6.53. The number of nitrogens with one attached hydrogen (secondary N) is 2. The van der Waals surface area contributed by atoms with Gasteiger partial charge < -0.3 is 39.0 Å². The number of piperazine rings is 1. The summed E-state index contributed by atoms with van der Waals surface area (Å²) in [6, 6.07) is 29.0. The van der Waals surface area contributed by atoms with E-state index in [2.05, 4.69) is 54.1 Å². The van der Waals surface area contributed by atoms with Gasteiger partial charge in [-0.2, -0.15) is 0 Å². The topological polar surface area (TPSA) is 159 Å². The van der Waals surface area contributed by atoms with Crippen molar-refractivity contribution in [2.75, 3.05) is 76.4 Å². The molecular weight excluding hydrogens is 861 g/mol. The molecule has 1 saturated heterocycles. The van der Waals surface area contributed by atoms with E-state index in [0.29, 0.717) is 49.1 Å². The van der Waals surface area contributed by atoms with Crippen molar-refractivity contribution in [1.29, 1.82) is 0 Å². The fraction of sp³-hybridized carbons (Fsp3) is 0.269. The maximum Gasteiger partial charge on any atom is 0.272 e. The Bertz CT molecular complexity index is 2740. The van der Waals surface area contributed by atoms with Crippen molar-refractivity contribution in [3.05, 3.63) is 156 Å². The molecule has 5 heterocycles. The van der Waals surface area contributed by atoms with Gasteiger partial charge in [-0.05, 0) is 47.5 Å². The van der Waals surface area contributed by atoms with Crippen LogP contribution >= 0.6 is 0 Å². The van der Waals surface area contributed by atoms with Gasteiger partial charge in [0.15, 0.2) is 0 Å². The first-order valence-corrected chi connectivity index (χ1v) is 22.4. The quantitative estimate of drug-likeness (QED) is 0.195. The third-order valence-electron chi connectivity index (χ3n) is 12.0. The van der Waals surface area contributed by atoms with Crippen LogP contribution in [0.25, 0.3) is 0 Å². The number of ether oxygens (including phenoxy) is 2. The number of hydrogen-bond donors (Lipinski definition) is 2. The van der Waals surface area contributed by atoms with E-state index in [1.165, 1.54) is 9.80 Å². The molecule has 4 aromatic carbocycles. The molecule has 0 unspecified atom stereocenters. The minimum Gasteiger partial charge on any atom is -0.489 e. The van der Waals surface area contributed by atoms with Crippen molar-refractivity contribution < 1.29 is 28.7 Å². The molecule has 2 atom stereocenters. The fourth-order valence-electron chi connectivity index (χ4n) is 8.15. The van der Waals surface area contributed by atoms with Gasteiger partial charge in [-0.15, -0.1) is 0 Å². The maximum absolute atomic E-state index is 13.5. The average molecular weight is 911 g/mol. The van der Waals surface area contributed by atoms with Crippen LogP contribution in [0.15, 0.2) is 122 Å². The SMILES string of the molecule is CN1C(=O)[C@@H](NC(=O)c2cn(Cc3ccccc3)cn2)COc2ccc(C#CCN3CCN(CC#Cc4ccc5c(c4)N(C)C(=O)[C@@H](NC(=O)c4cn(Cc6ccccc6)cn4)CO5)CC3)cc21. The smallest absolute Gasteiger partial charge is 0.272 e. The summed E-state index contributed by atoms with van der Waals surface area (Å²) in [5, 5.41) is 5.60. The van der Waals surface area contributed by atoms with Crippen molar-refractivity contribution >= 4 is 35.0 Å². The Kier molecular flexibility index (Phi) is 13.6. The van der Waals surface area contributed by atoms with Crippen molar-refractivity contribution in [2.45, 2.75) is 25.2 Å². The number of hydrogen-bond acceptors (Lipinski definition) is 10. The molecule has 0 radical (unpaired) electrons. The number of imidazole rings is 2. The Morgan fingerprint density at radius 2 is 1.01 bits per heavy atom. The fourth-order valence-corrected chi connectivity index (χ4v) is 8.15. The first kappa shape index (κ1) is 45.0. The van der Waals surface area contributed by atoms with E-state index >= 15 is 0 Å². The van der Waals surface area contributed by atoms with E-state index < -0.39 is 23.9 Å². The van der Waals surface area contributed by atoms with Gasteiger partial charge >= 0.3 is 0 Å².